The Morgan fingerprint density at radius 2 is 1.70 bits per heavy atom. The van der Waals surface area contributed by atoms with Gasteiger partial charge in [-0.25, -0.2) is 18.0 Å². The summed E-state index contributed by atoms with van der Waals surface area (Å²) in [7, 11) is 1.64. The summed E-state index contributed by atoms with van der Waals surface area (Å²) in [5.74, 6) is -3.31. The Labute approximate surface area is 180 Å². The molecule has 0 spiro atoms. The molecule has 2 aliphatic heterocycles. The number of benzene rings is 2. The minimum Gasteiger partial charge on any atom is -0.317 e. The first-order valence-corrected chi connectivity index (χ1v) is 9.79. The van der Waals surface area contributed by atoms with Crippen molar-refractivity contribution in [3.8, 4) is 0 Å². The van der Waals surface area contributed by atoms with E-state index < -0.39 is 24.5 Å². The largest absolute Gasteiger partial charge is 0.321 e. The highest BCUT2D eigenvalue weighted by Crippen LogP contribution is 2.36. The van der Waals surface area contributed by atoms with Gasteiger partial charge in [-0.05, 0) is 42.3 Å². The van der Waals surface area contributed by atoms with Crippen LogP contribution in [-0.4, -0.2) is 66.4 Å². The highest BCUT2D eigenvalue weighted by atomic mass is 35.5. The molecule has 1 saturated heterocycles. The van der Waals surface area contributed by atoms with Crippen LogP contribution in [0.3, 0.4) is 0 Å². The molecule has 2 aromatic rings. The van der Waals surface area contributed by atoms with Crippen LogP contribution < -0.4 is 0 Å². The number of halogens is 4. The van der Waals surface area contributed by atoms with Gasteiger partial charge in [0.1, 0.15) is 5.82 Å². The van der Waals surface area contributed by atoms with Crippen molar-refractivity contribution in [2.24, 2.45) is 0 Å². The standard InChI is InChI=1S/C22H24F3N3O.ClH/c1-26-12-13-27(15-22(24,25)14-26)21(29)28-11-10-16-4-2-3-5-19(16)20(28)17-6-8-18(23)9-7-17;/h2-9,20H,10-15H2,1H3;1H. The number of alkyl halides is 2. The number of nitrogens with zero attached hydrogens (tertiary/aromatic N) is 3. The van der Waals surface area contributed by atoms with Gasteiger partial charge in [0.05, 0.1) is 19.1 Å². The maximum atomic E-state index is 14.3. The van der Waals surface area contributed by atoms with Gasteiger partial charge in [0.2, 0.25) is 0 Å². The minimum atomic E-state index is -2.96. The van der Waals surface area contributed by atoms with Gasteiger partial charge >= 0.3 is 6.03 Å². The molecule has 0 radical (unpaired) electrons. The number of carbonyl (C=O) groups is 1. The van der Waals surface area contributed by atoms with Crippen molar-refractivity contribution >= 4 is 18.4 Å². The molecule has 0 N–H and O–H groups in total. The van der Waals surface area contributed by atoms with E-state index in [1.165, 1.54) is 17.0 Å². The number of hydrogen-bond donors (Lipinski definition) is 0. The molecule has 2 amide bonds. The normalized spacial score (nSPS) is 21.4. The monoisotopic (exact) mass is 439 g/mol. The molecule has 0 saturated carbocycles. The molecule has 1 atom stereocenters. The number of amides is 2. The number of urea groups is 1. The quantitative estimate of drug-likeness (QED) is 0.666. The van der Waals surface area contributed by atoms with Gasteiger partial charge in [-0.1, -0.05) is 36.4 Å². The van der Waals surface area contributed by atoms with E-state index in [2.05, 4.69) is 0 Å². The lowest BCUT2D eigenvalue weighted by atomic mass is 9.88. The van der Waals surface area contributed by atoms with E-state index in [0.29, 0.717) is 19.5 Å². The van der Waals surface area contributed by atoms with Crippen LogP contribution in [0, 0.1) is 5.82 Å². The van der Waals surface area contributed by atoms with Gasteiger partial charge in [-0.3, -0.25) is 4.90 Å². The molecule has 2 heterocycles. The van der Waals surface area contributed by atoms with Gasteiger partial charge in [0, 0.05) is 19.6 Å². The zero-order chi connectivity index (χ0) is 20.6. The van der Waals surface area contributed by atoms with Crippen LogP contribution in [0.25, 0.3) is 0 Å². The van der Waals surface area contributed by atoms with Crippen LogP contribution >= 0.6 is 12.4 Å². The topological polar surface area (TPSA) is 26.8 Å². The third-order valence-corrected chi connectivity index (χ3v) is 5.66. The van der Waals surface area contributed by atoms with Crippen molar-refractivity contribution < 1.29 is 18.0 Å². The van der Waals surface area contributed by atoms with Crippen molar-refractivity contribution in [2.45, 2.75) is 18.4 Å². The molecule has 162 valence electrons. The molecule has 8 heteroatoms. The number of hydrogen-bond acceptors (Lipinski definition) is 2. The molecular formula is C22H25ClF3N3O. The summed E-state index contributed by atoms with van der Waals surface area (Å²) in [6, 6.07) is 13.0. The zero-order valence-electron chi connectivity index (χ0n) is 16.7. The predicted octanol–water partition coefficient (Wildman–Crippen LogP) is 4.20. The fourth-order valence-electron chi connectivity index (χ4n) is 4.30. The first-order chi connectivity index (χ1) is 13.8. The van der Waals surface area contributed by atoms with Gasteiger partial charge in [0.15, 0.2) is 0 Å². The van der Waals surface area contributed by atoms with Gasteiger partial charge in [-0.15, -0.1) is 12.4 Å². The Hall–Kier alpha value is -2.25. The molecule has 1 fully saturated rings. The summed E-state index contributed by atoms with van der Waals surface area (Å²) in [5.41, 5.74) is 2.84. The lowest BCUT2D eigenvalue weighted by Crippen LogP contribution is -2.51. The van der Waals surface area contributed by atoms with Crippen molar-refractivity contribution in [3.05, 3.63) is 71.0 Å². The van der Waals surface area contributed by atoms with E-state index in [4.69, 9.17) is 0 Å². The second-order valence-electron chi connectivity index (χ2n) is 7.89. The van der Waals surface area contributed by atoms with E-state index in [-0.39, 0.29) is 31.3 Å². The minimum absolute atomic E-state index is 0. The van der Waals surface area contributed by atoms with Gasteiger partial charge in [0.25, 0.3) is 5.92 Å². The Balaban J connectivity index is 0.00000256. The average Bonchev–Trinajstić information content (AvgIpc) is 2.84. The maximum absolute atomic E-state index is 14.3. The predicted molar refractivity (Wildman–Crippen MR) is 112 cm³/mol. The van der Waals surface area contributed by atoms with E-state index in [0.717, 1.165) is 16.7 Å². The van der Waals surface area contributed by atoms with E-state index in [1.807, 2.05) is 24.3 Å². The van der Waals surface area contributed by atoms with Crippen molar-refractivity contribution in [1.29, 1.82) is 0 Å². The van der Waals surface area contributed by atoms with Gasteiger partial charge < -0.3 is 9.80 Å². The number of rotatable bonds is 1. The van der Waals surface area contributed by atoms with Crippen molar-refractivity contribution in [3.63, 3.8) is 0 Å². The van der Waals surface area contributed by atoms with E-state index in [1.54, 1.807) is 29.0 Å². The molecule has 2 aromatic carbocycles. The number of likely N-dealkylation sites (N-methyl/N-ethyl adjacent to an activating group) is 1. The van der Waals surface area contributed by atoms with E-state index >= 15 is 0 Å². The Morgan fingerprint density at radius 1 is 1.00 bits per heavy atom. The highest BCUT2D eigenvalue weighted by Gasteiger charge is 2.41. The molecule has 4 nitrogen and oxygen atoms in total. The number of carbonyl (C=O) groups excluding carboxylic acids is 1. The summed E-state index contributed by atoms with van der Waals surface area (Å²) >= 11 is 0. The first kappa shape index (κ1) is 22.4. The summed E-state index contributed by atoms with van der Waals surface area (Å²) in [6.45, 7) is 0.118. The Kier molecular flexibility index (Phi) is 6.62. The fraction of sp³-hybridized carbons (Fsp3) is 0.409. The van der Waals surface area contributed by atoms with Crippen LogP contribution in [0.5, 0.6) is 0 Å². The van der Waals surface area contributed by atoms with Crippen molar-refractivity contribution in [1.82, 2.24) is 14.7 Å². The summed E-state index contributed by atoms with van der Waals surface area (Å²) in [4.78, 5) is 17.8. The third kappa shape index (κ3) is 4.57. The maximum Gasteiger partial charge on any atom is 0.321 e. The first-order valence-electron chi connectivity index (χ1n) is 9.79. The third-order valence-electron chi connectivity index (χ3n) is 5.66. The molecule has 0 aliphatic carbocycles. The number of fused-ring (bicyclic) bond motifs is 1. The lowest BCUT2D eigenvalue weighted by Gasteiger charge is -2.40. The molecule has 1 unspecified atom stereocenters. The molecule has 0 aromatic heterocycles. The molecular weight excluding hydrogens is 415 g/mol. The second-order valence-corrected chi connectivity index (χ2v) is 7.89. The Bertz CT molecular complexity index is 893. The molecule has 4 rings (SSSR count). The van der Waals surface area contributed by atoms with E-state index in [9.17, 15) is 18.0 Å². The summed E-state index contributed by atoms with van der Waals surface area (Å²) in [5, 5.41) is 0. The SMILES string of the molecule is CN1CCN(C(=O)N2CCc3ccccc3C2c2ccc(F)cc2)CC(F)(F)C1.Cl. The van der Waals surface area contributed by atoms with Crippen LogP contribution in [0.4, 0.5) is 18.0 Å². The summed E-state index contributed by atoms with van der Waals surface area (Å²) in [6.07, 6.45) is 0.656. The smallest absolute Gasteiger partial charge is 0.317 e. The zero-order valence-corrected chi connectivity index (χ0v) is 17.5. The van der Waals surface area contributed by atoms with Crippen LogP contribution in [-0.2, 0) is 6.42 Å². The fourth-order valence-corrected chi connectivity index (χ4v) is 4.30. The lowest BCUT2D eigenvalue weighted by molar-refractivity contribution is -0.0307. The van der Waals surface area contributed by atoms with Gasteiger partial charge in [-0.2, -0.15) is 0 Å². The van der Waals surface area contributed by atoms with Crippen LogP contribution in [0.1, 0.15) is 22.7 Å². The van der Waals surface area contributed by atoms with Crippen LogP contribution in [0.15, 0.2) is 48.5 Å². The molecule has 30 heavy (non-hydrogen) atoms. The average molecular weight is 440 g/mol. The van der Waals surface area contributed by atoms with Crippen LogP contribution in [0.2, 0.25) is 0 Å². The van der Waals surface area contributed by atoms with Crippen molar-refractivity contribution in [2.75, 3.05) is 39.8 Å². The molecule has 0 bridgehead atoms. The molecule has 2 aliphatic rings. The Morgan fingerprint density at radius 3 is 2.43 bits per heavy atom. The highest BCUT2D eigenvalue weighted by molar-refractivity contribution is 5.85. The second kappa shape index (κ2) is 8.86. The summed E-state index contributed by atoms with van der Waals surface area (Å²) < 4.78 is 42.1.